The highest BCUT2D eigenvalue weighted by Gasteiger charge is 2.16. The van der Waals surface area contributed by atoms with Gasteiger partial charge in [-0.05, 0) is 37.6 Å². The van der Waals surface area contributed by atoms with Gasteiger partial charge in [-0.25, -0.2) is 0 Å². The van der Waals surface area contributed by atoms with Crippen LogP contribution in [0.2, 0.25) is 0 Å². The zero-order valence-corrected chi connectivity index (χ0v) is 12.2. The first-order chi connectivity index (χ1) is 10.1. The molecular formula is C16H19N3O2. The molecule has 0 atom stereocenters. The first-order valence-electron chi connectivity index (χ1n) is 6.83. The minimum absolute atomic E-state index is 0.262. The first-order valence-corrected chi connectivity index (χ1v) is 6.83. The summed E-state index contributed by atoms with van der Waals surface area (Å²) < 4.78 is 5.46. The van der Waals surface area contributed by atoms with E-state index in [4.69, 9.17) is 10.5 Å². The highest BCUT2D eigenvalue weighted by atomic mass is 16.5. The molecule has 5 heteroatoms. The summed E-state index contributed by atoms with van der Waals surface area (Å²) in [4.78, 5) is 16.6. The molecule has 110 valence electrons. The summed E-state index contributed by atoms with van der Waals surface area (Å²) in [6.07, 6.45) is 1.71. The molecule has 1 heterocycles. The van der Waals surface area contributed by atoms with Crippen LogP contribution in [0.4, 0.5) is 5.69 Å². The molecule has 2 aromatic rings. The first kappa shape index (κ1) is 14.8. The Morgan fingerprint density at radius 3 is 2.86 bits per heavy atom. The van der Waals surface area contributed by atoms with Crippen LogP contribution in [-0.4, -0.2) is 17.5 Å². The fraction of sp³-hybridized carbons (Fsp3) is 0.250. The van der Waals surface area contributed by atoms with Crippen molar-refractivity contribution in [2.45, 2.75) is 20.4 Å². The van der Waals surface area contributed by atoms with E-state index < -0.39 is 0 Å². The molecule has 0 saturated heterocycles. The van der Waals surface area contributed by atoms with Crippen molar-refractivity contribution in [2.24, 2.45) is 0 Å². The van der Waals surface area contributed by atoms with Gasteiger partial charge in [0.15, 0.2) is 0 Å². The third kappa shape index (κ3) is 3.51. The Morgan fingerprint density at radius 1 is 1.33 bits per heavy atom. The van der Waals surface area contributed by atoms with E-state index in [2.05, 4.69) is 10.3 Å². The Kier molecular flexibility index (Phi) is 4.77. The van der Waals surface area contributed by atoms with Crippen molar-refractivity contribution in [1.29, 1.82) is 0 Å². The normalized spacial score (nSPS) is 10.2. The number of nitrogens with zero attached hydrogens (tertiary/aromatic N) is 1. The number of nitrogen functional groups attached to an aromatic ring is 1. The van der Waals surface area contributed by atoms with Crippen LogP contribution >= 0.6 is 0 Å². The van der Waals surface area contributed by atoms with Crippen molar-refractivity contribution >= 4 is 11.6 Å². The number of carbonyl (C=O) groups is 1. The van der Waals surface area contributed by atoms with Crippen LogP contribution in [0.5, 0.6) is 5.75 Å². The second-order valence-electron chi connectivity index (χ2n) is 4.60. The van der Waals surface area contributed by atoms with Gasteiger partial charge in [0.25, 0.3) is 5.91 Å². The summed E-state index contributed by atoms with van der Waals surface area (Å²) in [5, 5.41) is 2.83. The van der Waals surface area contributed by atoms with Crippen LogP contribution in [-0.2, 0) is 6.54 Å². The topological polar surface area (TPSA) is 77.2 Å². The Hall–Kier alpha value is -2.56. The molecule has 2 rings (SSSR count). The van der Waals surface area contributed by atoms with Crippen molar-refractivity contribution in [1.82, 2.24) is 10.3 Å². The van der Waals surface area contributed by atoms with E-state index in [1.807, 2.05) is 26.0 Å². The number of hydrogen-bond acceptors (Lipinski definition) is 4. The molecule has 0 radical (unpaired) electrons. The van der Waals surface area contributed by atoms with Crippen molar-refractivity contribution < 1.29 is 9.53 Å². The number of aryl methyl sites for hydroxylation is 1. The third-order valence-electron chi connectivity index (χ3n) is 3.12. The summed E-state index contributed by atoms with van der Waals surface area (Å²) in [6, 6.07) is 9.00. The molecule has 1 aromatic heterocycles. The lowest BCUT2D eigenvalue weighted by Crippen LogP contribution is -2.25. The number of carbonyl (C=O) groups excluding carboxylic acids is 1. The number of nitrogens with one attached hydrogen (secondary N) is 1. The number of anilines is 1. The van der Waals surface area contributed by atoms with E-state index in [1.165, 1.54) is 0 Å². The van der Waals surface area contributed by atoms with Crippen molar-refractivity contribution in [3.8, 4) is 5.75 Å². The molecule has 0 saturated carbocycles. The fourth-order valence-corrected chi connectivity index (χ4v) is 2.02. The van der Waals surface area contributed by atoms with Gasteiger partial charge >= 0.3 is 0 Å². The molecule has 1 aromatic carbocycles. The molecule has 0 aliphatic heterocycles. The highest BCUT2D eigenvalue weighted by molar-refractivity contribution is 6.01. The summed E-state index contributed by atoms with van der Waals surface area (Å²) in [6.45, 7) is 4.65. The van der Waals surface area contributed by atoms with Crippen molar-refractivity contribution in [3.05, 3.63) is 53.3 Å². The number of benzene rings is 1. The van der Waals surface area contributed by atoms with E-state index in [1.54, 1.807) is 24.4 Å². The van der Waals surface area contributed by atoms with Gasteiger partial charge in [-0.1, -0.05) is 12.1 Å². The molecular weight excluding hydrogens is 266 g/mol. The zero-order valence-electron chi connectivity index (χ0n) is 12.2. The molecule has 0 bridgehead atoms. The monoisotopic (exact) mass is 285 g/mol. The number of ether oxygens (including phenoxy) is 1. The largest absolute Gasteiger partial charge is 0.493 e. The number of hydrogen-bond donors (Lipinski definition) is 2. The van der Waals surface area contributed by atoms with Crippen LogP contribution in [0, 0.1) is 6.92 Å². The smallest absolute Gasteiger partial charge is 0.257 e. The molecule has 5 nitrogen and oxygen atoms in total. The maximum atomic E-state index is 12.3. The Labute approximate surface area is 124 Å². The molecule has 21 heavy (non-hydrogen) atoms. The van der Waals surface area contributed by atoms with Crippen LogP contribution in [0.15, 0.2) is 36.5 Å². The van der Waals surface area contributed by atoms with Crippen molar-refractivity contribution in [3.63, 3.8) is 0 Å². The van der Waals surface area contributed by atoms with Crippen LogP contribution in [0.1, 0.15) is 28.5 Å². The van der Waals surface area contributed by atoms with Gasteiger partial charge in [-0.15, -0.1) is 0 Å². The molecule has 0 aliphatic rings. The molecule has 0 spiro atoms. The molecule has 3 N–H and O–H groups in total. The average Bonchev–Trinajstić information content (AvgIpc) is 2.47. The zero-order chi connectivity index (χ0) is 15.2. The minimum Gasteiger partial charge on any atom is -0.493 e. The average molecular weight is 285 g/mol. The summed E-state index contributed by atoms with van der Waals surface area (Å²) in [5.74, 6) is 0.231. The van der Waals surface area contributed by atoms with Gasteiger partial charge in [0.2, 0.25) is 0 Å². The van der Waals surface area contributed by atoms with E-state index in [0.717, 1.165) is 11.3 Å². The number of amides is 1. The number of pyridine rings is 1. The van der Waals surface area contributed by atoms with E-state index in [-0.39, 0.29) is 5.91 Å². The Morgan fingerprint density at radius 2 is 2.14 bits per heavy atom. The van der Waals surface area contributed by atoms with Crippen LogP contribution in [0.3, 0.4) is 0 Å². The SMILES string of the molecule is CCOc1cccc(N)c1C(=O)NCc1ncccc1C. The third-order valence-corrected chi connectivity index (χ3v) is 3.12. The number of nitrogens with two attached hydrogens (primary N) is 1. The van der Waals surface area contributed by atoms with Gasteiger partial charge in [0.1, 0.15) is 11.3 Å². The van der Waals surface area contributed by atoms with Gasteiger partial charge < -0.3 is 15.8 Å². The summed E-state index contributed by atoms with van der Waals surface area (Å²) >= 11 is 0. The van der Waals surface area contributed by atoms with Crippen LogP contribution < -0.4 is 15.8 Å². The quantitative estimate of drug-likeness (QED) is 0.826. The van der Waals surface area contributed by atoms with Crippen molar-refractivity contribution in [2.75, 3.05) is 12.3 Å². The fourth-order valence-electron chi connectivity index (χ4n) is 2.02. The lowest BCUT2D eigenvalue weighted by atomic mass is 10.1. The second kappa shape index (κ2) is 6.74. The maximum absolute atomic E-state index is 12.3. The predicted molar refractivity (Wildman–Crippen MR) is 82.2 cm³/mol. The van der Waals surface area contributed by atoms with Crippen LogP contribution in [0.25, 0.3) is 0 Å². The summed E-state index contributed by atoms with van der Waals surface area (Å²) in [5.41, 5.74) is 8.53. The van der Waals surface area contributed by atoms with Gasteiger partial charge in [0.05, 0.1) is 18.8 Å². The standard InChI is InChI=1S/C16H19N3O2/c1-3-21-14-8-4-7-12(17)15(14)16(20)19-10-13-11(2)6-5-9-18-13/h4-9H,3,10,17H2,1-2H3,(H,19,20). The second-order valence-corrected chi connectivity index (χ2v) is 4.60. The van der Waals surface area contributed by atoms with Gasteiger partial charge in [-0.2, -0.15) is 0 Å². The van der Waals surface area contributed by atoms with Gasteiger partial charge in [0, 0.05) is 11.9 Å². The molecule has 1 amide bonds. The Balaban J connectivity index is 2.16. The minimum atomic E-state index is -0.262. The van der Waals surface area contributed by atoms with E-state index in [9.17, 15) is 4.79 Å². The molecule has 0 aliphatic carbocycles. The maximum Gasteiger partial charge on any atom is 0.257 e. The molecule has 0 unspecified atom stereocenters. The predicted octanol–water partition coefficient (Wildman–Crippen LogP) is 2.30. The Bertz CT molecular complexity index is 641. The van der Waals surface area contributed by atoms with Gasteiger partial charge in [-0.3, -0.25) is 9.78 Å². The lowest BCUT2D eigenvalue weighted by molar-refractivity contribution is 0.0947. The summed E-state index contributed by atoms with van der Waals surface area (Å²) in [7, 11) is 0. The van der Waals surface area contributed by atoms with E-state index >= 15 is 0 Å². The van der Waals surface area contributed by atoms with E-state index in [0.29, 0.717) is 30.2 Å². The number of aromatic nitrogens is 1. The highest BCUT2D eigenvalue weighted by Crippen LogP contribution is 2.24. The molecule has 0 fully saturated rings. The number of rotatable bonds is 5. The lowest BCUT2D eigenvalue weighted by Gasteiger charge is -2.13.